The number of nitro groups is 1. The number of nitrogens with zero attached hydrogens (tertiary/aromatic N) is 1. The van der Waals surface area contributed by atoms with Gasteiger partial charge in [-0.15, -0.1) is 0 Å². The van der Waals surface area contributed by atoms with Gasteiger partial charge in [-0.25, -0.2) is 0 Å². The summed E-state index contributed by atoms with van der Waals surface area (Å²) in [6.07, 6.45) is -0.158. The summed E-state index contributed by atoms with van der Waals surface area (Å²) >= 11 is 0. The number of amides is 1. The Morgan fingerprint density at radius 3 is 2.44 bits per heavy atom. The Kier molecular flexibility index (Phi) is 6.48. The fourth-order valence-electron chi connectivity index (χ4n) is 2.51. The lowest BCUT2D eigenvalue weighted by Crippen LogP contribution is -2.15. The lowest BCUT2D eigenvalue weighted by atomic mass is 10.0. The maximum atomic E-state index is 12.4. The van der Waals surface area contributed by atoms with E-state index in [1.807, 2.05) is 13.0 Å². The van der Waals surface area contributed by atoms with Crippen molar-refractivity contribution in [2.75, 3.05) is 19.5 Å². The number of carbonyl (C=O) groups is 2. The number of benzene rings is 2. The predicted molar refractivity (Wildman–Crippen MR) is 99.6 cm³/mol. The molecule has 0 spiro atoms. The van der Waals surface area contributed by atoms with Crippen LogP contribution in [0.4, 0.5) is 11.4 Å². The molecule has 0 saturated carbocycles. The van der Waals surface area contributed by atoms with E-state index in [0.29, 0.717) is 17.1 Å². The molecule has 8 heteroatoms. The molecule has 2 aromatic carbocycles. The van der Waals surface area contributed by atoms with Crippen molar-refractivity contribution in [1.82, 2.24) is 0 Å². The summed E-state index contributed by atoms with van der Waals surface area (Å²) < 4.78 is 10.1. The third kappa shape index (κ3) is 5.04. The van der Waals surface area contributed by atoms with Crippen LogP contribution >= 0.6 is 0 Å². The first-order valence-electron chi connectivity index (χ1n) is 8.15. The largest absolute Gasteiger partial charge is 0.496 e. The van der Waals surface area contributed by atoms with Crippen molar-refractivity contribution in [3.8, 4) is 11.5 Å². The van der Waals surface area contributed by atoms with Crippen LogP contribution in [0.15, 0.2) is 36.4 Å². The van der Waals surface area contributed by atoms with Gasteiger partial charge in [-0.3, -0.25) is 19.7 Å². The summed E-state index contributed by atoms with van der Waals surface area (Å²) in [7, 11) is 2.86. The Morgan fingerprint density at radius 2 is 1.81 bits per heavy atom. The van der Waals surface area contributed by atoms with Crippen LogP contribution < -0.4 is 14.8 Å². The average Bonchev–Trinajstić information content (AvgIpc) is 2.66. The molecule has 0 unspecified atom stereocenters. The molecule has 0 bridgehead atoms. The monoisotopic (exact) mass is 372 g/mol. The Hall–Kier alpha value is -3.42. The Balaban J connectivity index is 2.06. The summed E-state index contributed by atoms with van der Waals surface area (Å²) in [5.41, 5.74) is 1.07. The number of nitrogens with one attached hydrogen (secondary N) is 1. The second-order valence-electron chi connectivity index (χ2n) is 5.82. The molecule has 1 N–H and O–H groups in total. The van der Waals surface area contributed by atoms with Crippen molar-refractivity contribution >= 4 is 23.1 Å². The number of rotatable bonds is 8. The molecule has 0 radical (unpaired) electrons. The zero-order chi connectivity index (χ0) is 20.0. The second kappa shape index (κ2) is 8.79. The fourth-order valence-corrected chi connectivity index (χ4v) is 2.51. The number of nitro benzene ring substituents is 1. The van der Waals surface area contributed by atoms with Gasteiger partial charge in [0.25, 0.3) is 5.69 Å². The topological polar surface area (TPSA) is 108 Å². The van der Waals surface area contributed by atoms with Crippen LogP contribution in [-0.2, 0) is 4.79 Å². The Morgan fingerprint density at radius 1 is 1.07 bits per heavy atom. The minimum absolute atomic E-state index is 0.0460. The number of ketones is 1. The highest BCUT2D eigenvalue weighted by atomic mass is 16.6. The van der Waals surface area contributed by atoms with Crippen molar-refractivity contribution in [1.29, 1.82) is 0 Å². The maximum Gasteiger partial charge on any atom is 0.296 e. The quantitative estimate of drug-likeness (QED) is 0.431. The molecule has 2 rings (SSSR count). The minimum atomic E-state index is -0.610. The average molecular weight is 372 g/mol. The van der Waals surface area contributed by atoms with Crippen LogP contribution in [0.5, 0.6) is 11.5 Å². The number of methoxy groups -OCH3 is 2. The fraction of sp³-hybridized carbons (Fsp3) is 0.263. The van der Waals surface area contributed by atoms with E-state index < -0.39 is 10.8 Å². The third-order valence-electron chi connectivity index (χ3n) is 3.91. The molecule has 27 heavy (non-hydrogen) atoms. The summed E-state index contributed by atoms with van der Waals surface area (Å²) in [4.78, 5) is 35.1. The first-order chi connectivity index (χ1) is 12.8. The molecule has 0 fully saturated rings. The highest BCUT2D eigenvalue weighted by Crippen LogP contribution is 2.29. The maximum absolute atomic E-state index is 12.4. The van der Waals surface area contributed by atoms with Gasteiger partial charge in [0.05, 0.1) is 30.8 Å². The third-order valence-corrected chi connectivity index (χ3v) is 3.91. The molecule has 0 aliphatic rings. The lowest BCUT2D eigenvalue weighted by molar-refractivity contribution is -0.384. The van der Waals surface area contributed by atoms with Crippen LogP contribution in [0, 0.1) is 17.0 Å². The smallest absolute Gasteiger partial charge is 0.296 e. The summed E-state index contributed by atoms with van der Waals surface area (Å²) in [5.74, 6) is 0.0105. The highest BCUT2D eigenvalue weighted by Gasteiger charge is 2.19. The van der Waals surface area contributed by atoms with Crippen molar-refractivity contribution in [2.24, 2.45) is 0 Å². The Labute approximate surface area is 156 Å². The van der Waals surface area contributed by atoms with E-state index >= 15 is 0 Å². The number of aryl methyl sites for hydroxylation is 1. The van der Waals surface area contributed by atoms with Gasteiger partial charge in [0.2, 0.25) is 5.91 Å². The number of Topliss-reactive ketones (excluding diaryl/α,β-unsaturated/α-hetero) is 1. The molecule has 0 aliphatic carbocycles. The molecule has 0 heterocycles. The molecule has 142 valence electrons. The molecule has 1 amide bonds. The molecular weight excluding hydrogens is 352 g/mol. The van der Waals surface area contributed by atoms with Crippen LogP contribution in [0.25, 0.3) is 0 Å². The van der Waals surface area contributed by atoms with Crippen molar-refractivity contribution in [3.63, 3.8) is 0 Å². The molecule has 8 nitrogen and oxygen atoms in total. The van der Waals surface area contributed by atoms with E-state index in [9.17, 15) is 19.7 Å². The van der Waals surface area contributed by atoms with E-state index in [1.165, 1.54) is 32.4 Å². The van der Waals surface area contributed by atoms with Gasteiger partial charge in [0.15, 0.2) is 5.78 Å². The zero-order valence-electron chi connectivity index (χ0n) is 15.3. The SMILES string of the molecule is COc1ccc(NC(=O)CCC(=O)c2cc(C)ccc2OC)c([N+](=O)[O-])c1. The van der Waals surface area contributed by atoms with Gasteiger partial charge in [0, 0.05) is 12.8 Å². The second-order valence-corrected chi connectivity index (χ2v) is 5.82. The van der Waals surface area contributed by atoms with Crippen LogP contribution in [0.3, 0.4) is 0 Å². The van der Waals surface area contributed by atoms with Gasteiger partial charge in [-0.1, -0.05) is 11.6 Å². The summed E-state index contributed by atoms with van der Waals surface area (Å²) in [5, 5.41) is 13.6. The zero-order valence-corrected chi connectivity index (χ0v) is 15.3. The number of carbonyl (C=O) groups excluding carboxylic acids is 2. The van der Waals surface area contributed by atoms with E-state index in [0.717, 1.165) is 5.56 Å². The normalized spacial score (nSPS) is 10.2. The van der Waals surface area contributed by atoms with Crippen LogP contribution in [0.2, 0.25) is 0 Å². The van der Waals surface area contributed by atoms with Gasteiger partial charge in [-0.2, -0.15) is 0 Å². The van der Waals surface area contributed by atoms with Crippen LogP contribution in [0.1, 0.15) is 28.8 Å². The lowest BCUT2D eigenvalue weighted by Gasteiger charge is -2.09. The van der Waals surface area contributed by atoms with Gasteiger partial charge in [0.1, 0.15) is 17.2 Å². The molecule has 0 atom stereocenters. The molecular formula is C19H20N2O6. The summed E-state index contributed by atoms with van der Waals surface area (Å²) in [6.45, 7) is 1.85. The summed E-state index contributed by atoms with van der Waals surface area (Å²) in [6, 6.07) is 9.34. The first-order valence-corrected chi connectivity index (χ1v) is 8.15. The number of hydrogen-bond donors (Lipinski definition) is 1. The number of anilines is 1. The Bertz CT molecular complexity index is 878. The predicted octanol–water partition coefficient (Wildman–Crippen LogP) is 3.52. The number of hydrogen-bond acceptors (Lipinski definition) is 6. The van der Waals surface area contributed by atoms with Gasteiger partial charge < -0.3 is 14.8 Å². The first kappa shape index (κ1) is 19.9. The molecule has 0 saturated heterocycles. The van der Waals surface area contributed by atoms with Crippen molar-refractivity contribution in [2.45, 2.75) is 19.8 Å². The van der Waals surface area contributed by atoms with E-state index in [1.54, 1.807) is 12.1 Å². The highest BCUT2D eigenvalue weighted by molar-refractivity contribution is 6.02. The molecule has 0 aliphatic heterocycles. The van der Waals surface area contributed by atoms with E-state index in [2.05, 4.69) is 5.32 Å². The standard InChI is InChI=1S/C19H20N2O6/c1-12-4-8-18(27-3)14(10-12)17(22)7-9-19(23)20-15-6-5-13(26-2)11-16(15)21(24)25/h4-6,8,10-11H,7,9H2,1-3H3,(H,20,23). The van der Waals surface area contributed by atoms with Crippen molar-refractivity contribution < 1.29 is 24.0 Å². The van der Waals surface area contributed by atoms with E-state index in [4.69, 9.17) is 9.47 Å². The minimum Gasteiger partial charge on any atom is -0.496 e. The number of ether oxygens (including phenoxy) is 2. The van der Waals surface area contributed by atoms with Gasteiger partial charge >= 0.3 is 0 Å². The van der Waals surface area contributed by atoms with E-state index in [-0.39, 0.29) is 30.0 Å². The molecule has 0 aromatic heterocycles. The van der Waals surface area contributed by atoms with Crippen LogP contribution in [-0.4, -0.2) is 30.8 Å². The van der Waals surface area contributed by atoms with Crippen molar-refractivity contribution in [3.05, 3.63) is 57.6 Å². The van der Waals surface area contributed by atoms with Gasteiger partial charge in [-0.05, 0) is 31.2 Å². The molecule has 2 aromatic rings.